The number of amides is 2. The van der Waals surface area contributed by atoms with Gasteiger partial charge in [0, 0.05) is 63.5 Å². The van der Waals surface area contributed by atoms with Crippen LogP contribution in [0.2, 0.25) is 0 Å². The summed E-state index contributed by atoms with van der Waals surface area (Å²) in [6.07, 6.45) is -14.8. The van der Waals surface area contributed by atoms with Gasteiger partial charge in [0.2, 0.25) is 0 Å². The Balaban J connectivity index is 1.23. The fourth-order valence-electron chi connectivity index (χ4n) is 6.62. The minimum Gasteiger partial charge on any atom is -0.462 e. The molecule has 34 heteroatoms. The number of nitrogens with zero attached hydrogens (tertiary/aromatic N) is 4. The van der Waals surface area contributed by atoms with Gasteiger partial charge in [-0.3, -0.25) is 9.59 Å². The standard InChI is InChI=1S/C38H36F18N4O10S2/c1-2-26(70-30(64)25-11-7-23(8-12-25)28(62)58-15-19-60(20-16-58)72(67,68)38(55,56)34(45,46)32(41,42)36(50,51)52)4-3-21-69-29(63)24-9-5-22(6-10-24)27(61)57-13-17-59(18-14-57)71(65,66)37(53,54)33(43,44)31(39,40)35(47,48)49/h5-12,26H,2-4,13-21H2,1H3. The minimum absolute atomic E-state index is 0.103. The summed E-state index contributed by atoms with van der Waals surface area (Å²) in [5, 5.41) is -13.9. The van der Waals surface area contributed by atoms with E-state index in [9.17, 15) is 115 Å². The SMILES string of the molecule is CCC(CCCOC(=O)c1ccc(C(=O)N2CCN(S(=O)(=O)C(F)(F)C(F)(F)C(F)(F)C(F)(F)F)CC2)cc1)OC(=O)c1ccc(C(=O)N2CCN(S(=O)(=O)C(F)(F)C(F)(F)C(F)(F)C(F)(F)F)CC2)cc1. The van der Waals surface area contributed by atoms with Gasteiger partial charge in [-0.25, -0.2) is 26.4 Å². The Morgan fingerprint density at radius 1 is 0.486 bits per heavy atom. The van der Waals surface area contributed by atoms with Crippen LogP contribution in [-0.4, -0.2) is 171 Å². The van der Waals surface area contributed by atoms with Crippen molar-refractivity contribution in [3.8, 4) is 0 Å². The largest absolute Gasteiger partial charge is 0.462 e. The number of rotatable bonds is 18. The molecule has 2 fully saturated rings. The van der Waals surface area contributed by atoms with Crippen molar-refractivity contribution < 1.29 is 125 Å². The van der Waals surface area contributed by atoms with E-state index in [4.69, 9.17) is 9.47 Å². The minimum atomic E-state index is -7.46. The number of hydrogen-bond donors (Lipinski definition) is 0. The summed E-state index contributed by atoms with van der Waals surface area (Å²) in [6, 6.07) is 8.73. The molecule has 0 spiro atoms. The monoisotopic (exact) mass is 1110 g/mol. The zero-order chi connectivity index (χ0) is 55.1. The molecule has 2 aromatic rings. The van der Waals surface area contributed by atoms with Gasteiger partial charge in [-0.05, 0) is 67.8 Å². The van der Waals surface area contributed by atoms with Gasteiger partial charge in [-0.15, -0.1) is 0 Å². The zero-order valence-corrected chi connectivity index (χ0v) is 37.8. The summed E-state index contributed by atoms with van der Waals surface area (Å²) in [5.74, 6) is -33.5. The van der Waals surface area contributed by atoms with Crippen LogP contribution in [0, 0.1) is 0 Å². The molecular formula is C38H36F18N4O10S2. The lowest BCUT2D eigenvalue weighted by Crippen LogP contribution is -2.66. The van der Waals surface area contributed by atoms with E-state index in [-0.39, 0.29) is 48.1 Å². The van der Waals surface area contributed by atoms with Gasteiger partial charge in [0.1, 0.15) is 6.10 Å². The Kier molecular flexibility index (Phi) is 17.0. The van der Waals surface area contributed by atoms with E-state index in [0.717, 1.165) is 58.3 Å². The third-order valence-electron chi connectivity index (χ3n) is 11.0. The van der Waals surface area contributed by atoms with Crippen LogP contribution < -0.4 is 0 Å². The summed E-state index contributed by atoms with van der Waals surface area (Å²) in [4.78, 5) is 53.0. The summed E-state index contributed by atoms with van der Waals surface area (Å²) >= 11 is 0. The molecule has 0 aliphatic carbocycles. The molecule has 0 bridgehead atoms. The van der Waals surface area contributed by atoms with Gasteiger partial charge in [0.25, 0.3) is 31.9 Å². The summed E-state index contributed by atoms with van der Waals surface area (Å²) < 4.78 is 299. The van der Waals surface area contributed by atoms with E-state index in [1.165, 1.54) is 0 Å². The van der Waals surface area contributed by atoms with Gasteiger partial charge in [-0.1, -0.05) is 6.92 Å². The highest BCUT2D eigenvalue weighted by molar-refractivity contribution is 7.90. The molecule has 2 aromatic carbocycles. The predicted octanol–water partition coefficient (Wildman–Crippen LogP) is 7.29. The van der Waals surface area contributed by atoms with E-state index in [2.05, 4.69) is 0 Å². The molecule has 0 radical (unpaired) electrons. The van der Waals surface area contributed by atoms with Crippen LogP contribution in [0.3, 0.4) is 0 Å². The van der Waals surface area contributed by atoms with E-state index in [0.29, 0.717) is 0 Å². The highest BCUT2D eigenvalue weighted by Gasteiger charge is 2.87. The maximum atomic E-state index is 14.3. The number of sulfonamides is 2. The van der Waals surface area contributed by atoms with E-state index < -0.39 is 157 Å². The van der Waals surface area contributed by atoms with E-state index >= 15 is 0 Å². The number of esters is 2. The second kappa shape index (κ2) is 20.7. The van der Waals surface area contributed by atoms with Gasteiger partial charge in [-0.2, -0.15) is 87.6 Å². The van der Waals surface area contributed by atoms with E-state index in [1.807, 2.05) is 0 Å². The van der Waals surface area contributed by atoms with Crippen molar-refractivity contribution in [3.05, 3.63) is 70.8 Å². The Morgan fingerprint density at radius 3 is 1.10 bits per heavy atom. The third-order valence-corrected chi connectivity index (χ3v) is 14.9. The Hall–Kier alpha value is -5.12. The fourth-order valence-corrected chi connectivity index (χ4v) is 9.46. The number of piperazine rings is 2. The normalized spacial score (nSPS) is 17.4. The summed E-state index contributed by atoms with van der Waals surface area (Å²) in [7, 11) is -13.7. The Bertz CT molecular complexity index is 2530. The highest BCUT2D eigenvalue weighted by atomic mass is 32.2. The molecule has 2 amide bonds. The van der Waals surface area contributed by atoms with Gasteiger partial charge in [0.15, 0.2) is 0 Å². The third kappa shape index (κ3) is 10.9. The van der Waals surface area contributed by atoms with Crippen LogP contribution in [0.4, 0.5) is 79.0 Å². The van der Waals surface area contributed by atoms with Crippen molar-refractivity contribution in [2.45, 2.75) is 78.8 Å². The average Bonchev–Trinajstić information content (AvgIpc) is 3.30. The van der Waals surface area contributed by atoms with Gasteiger partial charge in [0.05, 0.1) is 17.7 Å². The molecule has 406 valence electrons. The first kappa shape index (κ1) is 59.4. The topological polar surface area (TPSA) is 168 Å². The maximum absolute atomic E-state index is 14.3. The first-order chi connectivity index (χ1) is 32.7. The van der Waals surface area contributed by atoms with Crippen molar-refractivity contribution >= 4 is 43.8 Å². The Labute approximate surface area is 394 Å². The summed E-state index contributed by atoms with van der Waals surface area (Å²) in [6.45, 7) is -6.71. The predicted molar refractivity (Wildman–Crippen MR) is 206 cm³/mol. The molecule has 2 aliphatic heterocycles. The van der Waals surface area contributed by atoms with Crippen molar-refractivity contribution in [3.63, 3.8) is 0 Å². The van der Waals surface area contributed by atoms with E-state index in [1.54, 1.807) is 6.92 Å². The molecule has 2 aliphatic rings. The van der Waals surface area contributed by atoms with Crippen molar-refractivity contribution in [2.24, 2.45) is 0 Å². The lowest BCUT2D eigenvalue weighted by molar-refractivity contribution is -0.382. The number of carbonyl (C=O) groups is 4. The molecule has 2 saturated heterocycles. The Morgan fingerprint density at radius 2 is 0.792 bits per heavy atom. The first-order valence-corrected chi connectivity index (χ1v) is 23.1. The maximum Gasteiger partial charge on any atom is 0.460 e. The quantitative estimate of drug-likeness (QED) is 0.0841. The second-order valence-corrected chi connectivity index (χ2v) is 19.5. The average molecular weight is 1110 g/mol. The molecule has 0 N–H and O–H groups in total. The number of benzene rings is 2. The lowest BCUT2D eigenvalue weighted by atomic mass is 10.1. The van der Waals surface area contributed by atoms with Crippen molar-refractivity contribution in [2.75, 3.05) is 59.0 Å². The lowest BCUT2D eigenvalue weighted by Gasteiger charge is -2.38. The van der Waals surface area contributed by atoms with Crippen molar-refractivity contribution in [1.29, 1.82) is 0 Å². The van der Waals surface area contributed by atoms with Crippen molar-refractivity contribution in [1.82, 2.24) is 18.4 Å². The molecule has 14 nitrogen and oxygen atoms in total. The number of alkyl halides is 18. The van der Waals surface area contributed by atoms with Gasteiger partial charge < -0.3 is 19.3 Å². The highest BCUT2D eigenvalue weighted by Crippen LogP contribution is 2.56. The molecule has 2 heterocycles. The molecule has 1 unspecified atom stereocenters. The van der Waals surface area contributed by atoms with Crippen LogP contribution in [0.15, 0.2) is 48.5 Å². The smallest absolute Gasteiger partial charge is 0.460 e. The molecule has 72 heavy (non-hydrogen) atoms. The fraction of sp³-hybridized carbons (Fsp3) is 0.579. The van der Waals surface area contributed by atoms with Crippen LogP contribution in [0.25, 0.3) is 0 Å². The second-order valence-electron chi connectivity index (χ2n) is 15.6. The van der Waals surface area contributed by atoms with Crippen LogP contribution >= 0.6 is 0 Å². The molecule has 4 rings (SSSR count). The first-order valence-electron chi connectivity index (χ1n) is 20.2. The van der Waals surface area contributed by atoms with Crippen LogP contribution in [0.1, 0.15) is 67.6 Å². The molecule has 1 atom stereocenters. The van der Waals surface area contributed by atoms with Crippen LogP contribution in [0.5, 0.6) is 0 Å². The zero-order valence-electron chi connectivity index (χ0n) is 36.2. The number of ether oxygens (including phenoxy) is 2. The molecular weight excluding hydrogens is 1080 g/mol. The number of carbonyl (C=O) groups excluding carboxylic acids is 4. The van der Waals surface area contributed by atoms with Crippen LogP contribution in [-0.2, 0) is 29.5 Å². The molecule has 0 aromatic heterocycles. The summed E-state index contributed by atoms with van der Waals surface area (Å²) in [5.41, 5.74) is -0.623. The number of halogens is 18. The molecule has 0 saturated carbocycles. The number of hydrogen-bond acceptors (Lipinski definition) is 10. The van der Waals surface area contributed by atoms with Gasteiger partial charge >= 0.3 is 58.5 Å².